The van der Waals surface area contributed by atoms with E-state index in [1.165, 1.54) is 5.56 Å². The van der Waals surface area contributed by atoms with Crippen LogP contribution in [0.25, 0.3) is 0 Å². The molecule has 0 radical (unpaired) electrons. The van der Waals surface area contributed by atoms with Crippen LogP contribution in [0.1, 0.15) is 50.3 Å². The zero-order valence-corrected chi connectivity index (χ0v) is 16.0. The minimum Gasteiger partial charge on any atom is -0.272 e. The average molecular weight is 357 g/mol. The zero-order valence-electron chi connectivity index (χ0n) is 15.2. The van der Waals surface area contributed by atoms with E-state index in [2.05, 4.69) is 36.5 Å². The van der Waals surface area contributed by atoms with E-state index >= 15 is 0 Å². The highest BCUT2D eigenvalue weighted by atomic mass is 35.5. The first-order chi connectivity index (χ1) is 11.9. The molecule has 2 aromatic rings. The summed E-state index contributed by atoms with van der Waals surface area (Å²) < 4.78 is 0. The van der Waals surface area contributed by atoms with Crippen LogP contribution in [0.5, 0.6) is 0 Å². The molecule has 1 amide bonds. The first kappa shape index (κ1) is 19.2. The number of hydrogen-bond donors (Lipinski definition) is 1. The molecule has 2 rings (SSSR count). The Balaban J connectivity index is 1.99. The lowest BCUT2D eigenvalue weighted by molar-refractivity contribution is -0.122. The number of nitrogens with zero attached hydrogens (tertiary/aromatic N) is 1. The maximum atomic E-state index is 12.4. The SMILES string of the molecule is C/C(=N\NC(=O)[C@@H](C)c1ccc(CC(C)C)cc1)c1ccc(Cl)cc1. The number of carbonyl (C=O) groups is 1. The van der Waals surface area contributed by atoms with Crippen molar-refractivity contribution in [1.82, 2.24) is 5.43 Å². The van der Waals surface area contributed by atoms with Crippen molar-refractivity contribution in [2.75, 3.05) is 0 Å². The van der Waals surface area contributed by atoms with Crippen LogP contribution < -0.4 is 5.43 Å². The molecule has 25 heavy (non-hydrogen) atoms. The van der Waals surface area contributed by atoms with Crippen LogP contribution in [0.4, 0.5) is 0 Å². The molecule has 0 heterocycles. The quantitative estimate of drug-likeness (QED) is 0.562. The Morgan fingerprint density at radius 2 is 1.64 bits per heavy atom. The van der Waals surface area contributed by atoms with Gasteiger partial charge >= 0.3 is 0 Å². The van der Waals surface area contributed by atoms with Gasteiger partial charge in [0.05, 0.1) is 11.6 Å². The number of rotatable bonds is 6. The fraction of sp³-hybridized carbons (Fsp3) is 0.333. The third kappa shape index (κ3) is 5.71. The molecule has 132 valence electrons. The van der Waals surface area contributed by atoms with Gasteiger partial charge in [-0.3, -0.25) is 4.79 Å². The van der Waals surface area contributed by atoms with Gasteiger partial charge < -0.3 is 0 Å². The Morgan fingerprint density at radius 1 is 1.04 bits per heavy atom. The normalized spacial score (nSPS) is 13.0. The molecule has 1 N–H and O–H groups in total. The molecule has 4 heteroatoms. The molecular formula is C21H25ClN2O. The van der Waals surface area contributed by atoms with Crippen LogP contribution >= 0.6 is 11.6 Å². The van der Waals surface area contributed by atoms with Crippen molar-refractivity contribution in [1.29, 1.82) is 0 Å². The molecule has 0 aromatic heterocycles. The van der Waals surface area contributed by atoms with E-state index in [0.29, 0.717) is 10.9 Å². The van der Waals surface area contributed by atoms with Gasteiger partial charge in [-0.1, -0.05) is 61.8 Å². The van der Waals surface area contributed by atoms with Crippen molar-refractivity contribution in [2.45, 2.75) is 40.0 Å². The predicted molar refractivity (Wildman–Crippen MR) is 105 cm³/mol. The maximum Gasteiger partial charge on any atom is 0.247 e. The summed E-state index contributed by atoms with van der Waals surface area (Å²) in [5, 5.41) is 4.88. The Kier molecular flexibility index (Phi) is 6.77. The Morgan fingerprint density at radius 3 is 2.20 bits per heavy atom. The van der Waals surface area contributed by atoms with E-state index in [1.54, 1.807) is 12.1 Å². The molecule has 2 aromatic carbocycles. The lowest BCUT2D eigenvalue weighted by atomic mass is 9.96. The highest BCUT2D eigenvalue weighted by Crippen LogP contribution is 2.18. The van der Waals surface area contributed by atoms with Crippen LogP contribution in [-0.4, -0.2) is 11.6 Å². The molecule has 0 saturated carbocycles. The zero-order chi connectivity index (χ0) is 18.4. The van der Waals surface area contributed by atoms with Gasteiger partial charge in [-0.15, -0.1) is 0 Å². The van der Waals surface area contributed by atoms with Crippen LogP contribution in [0.2, 0.25) is 5.02 Å². The maximum absolute atomic E-state index is 12.4. The van der Waals surface area contributed by atoms with E-state index in [9.17, 15) is 4.79 Å². The van der Waals surface area contributed by atoms with Gasteiger partial charge in [-0.05, 0) is 55.0 Å². The summed E-state index contributed by atoms with van der Waals surface area (Å²) in [5.74, 6) is 0.247. The van der Waals surface area contributed by atoms with Crippen molar-refractivity contribution >= 4 is 23.2 Å². The first-order valence-corrected chi connectivity index (χ1v) is 8.93. The van der Waals surface area contributed by atoms with Gasteiger partial charge in [0, 0.05) is 5.02 Å². The van der Waals surface area contributed by atoms with Crippen LogP contribution in [-0.2, 0) is 11.2 Å². The summed E-state index contributed by atoms with van der Waals surface area (Å²) in [4.78, 5) is 12.4. The van der Waals surface area contributed by atoms with Crippen LogP contribution in [0.15, 0.2) is 53.6 Å². The average Bonchev–Trinajstić information content (AvgIpc) is 2.59. The molecule has 0 spiro atoms. The van der Waals surface area contributed by atoms with Gasteiger partial charge in [0.25, 0.3) is 0 Å². The van der Waals surface area contributed by atoms with Gasteiger partial charge in [-0.25, -0.2) is 5.43 Å². The van der Waals surface area contributed by atoms with Crippen molar-refractivity contribution in [2.24, 2.45) is 11.0 Å². The van der Waals surface area contributed by atoms with Crippen molar-refractivity contribution < 1.29 is 4.79 Å². The molecule has 0 saturated heterocycles. The summed E-state index contributed by atoms with van der Waals surface area (Å²) in [6, 6.07) is 15.6. The van der Waals surface area contributed by atoms with E-state index in [-0.39, 0.29) is 11.8 Å². The Bertz CT molecular complexity index is 733. The monoisotopic (exact) mass is 356 g/mol. The third-order valence-electron chi connectivity index (χ3n) is 4.11. The molecule has 0 unspecified atom stereocenters. The highest BCUT2D eigenvalue weighted by molar-refractivity contribution is 6.30. The van der Waals surface area contributed by atoms with E-state index in [1.807, 2.05) is 38.1 Å². The van der Waals surface area contributed by atoms with E-state index in [0.717, 1.165) is 23.3 Å². The second-order valence-corrected chi connectivity index (χ2v) is 7.18. The number of nitrogens with one attached hydrogen (secondary N) is 1. The van der Waals surface area contributed by atoms with Crippen LogP contribution in [0.3, 0.4) is 0 Å². The number of halogens is 1. The van der Waals surface area contributed by atoms with Crippen molar-refractivity contribution in [3.05, 3.63) is 70.2 Å². The number of hydrazone groups is 1. The second kappa shape index (κ2) is 8.82. The molecule has 0 aliphatic heterocycles. The number of hydrogen-bond acceptors (Lipinski definition) is 2. The van der Waals surface area contributed by atoms with Gasteiger partial charge in [-0.2, -0.15) is 5.10 Å². The van der Waals surface area contributed by atoms with Crippen molar-refractivity contribution in [3.63, 3.8) is 0 Å². The highest BCUT2D eigenvalue weighted by Gasteiger charge is 2.15. The number of carbonyl (C=O) groups excluding carboxylic acids is 1. The lowest BCUT2D eigenvalue weighted by Crippen LogP contribution is -2.24. The standard InChI is InChI=1S/C21H25ClN2O/c1-14(2)13-17-5-7-18(8-6-17)15(3)21(25)24-23-16(4)19-9-11-20(22)12-10-19/h5-12,14-15H,13H2,1-4H3,(H,24,25)/b23-16+/t15-/m0/s1. The summed E-state index contributed by atoms with van der Waals surface area (Å²) in [7, 11) is 0. The molecule has 0 fully saturated rings. The smallest absolute Gasteiger partial charge is 0.247 e. The minimum absolute atomic E-state index is 0.120. The third-order valence-corrected chi connectivity index (χ3v) is 4.36. The minimum atomic E-state index is -0.255. The number of benzene rings is 2. The lowest BCUT2D eigenvalue weighted by Gasteiger charge is -2.12. The predicted octanol–water partition coefficient (Wildman–Crippen LogP) is 5.18. The molecule has 0 aliphatic carbocycles. The summed E-state index contributed by atoms with van der Waals surface area (Å²) >= 11 is 5.88. The van der Waals surface area contributed by atoms with Crippen LogP contribution in [0, 0.1) is 5.92 Å². The summed E-state index contributed by atoms with van der Waals surface area (Å²) in [6.45, 7) is 8.14. The topological polar surface area (TPSA) is 41.5 Å². The summed E-state index contributed by atoms with van der Waals surface area (Å²) in [5.41, 5.74) is 6.61. The molecule has 0 bridgehead atoms. The summed E-state index contributed by atoms with van der Waals surface area (Å²) in [6.07, 6.45) is 1.05. The van der Waals surface area contributed by atoms with E-state index < -0.39 is 0 Å². The molecule has 3 nitrogen and oxygen atoms in total. The second-order valence-electron chi connectivity index (χ2n) is 6.74. The first-order valence-electron chi connectivity index (χ1n) is 8.55. The fourth-order valence-corrected chi connectivity index (χ4v) is 2.68. The fourth-order valence-electron chi connectivity index (χ4n) is 2.56. The van der Waals surface area contributed by atoms with Crippen molar-refractivity contribution in [3.8, 4) is 0 Å². The number of amides is 1. The Hall–Kier alpha value is -2.13. The van der Waals surface area contributed by atoms with Gasteiger partial charge in [0.15, 0.2) is 0 Å². The molecular weight excluding hydrogens is 332 g/mol. The largest absolute Gasteiger partial charge is 0.272 e. The molecule has 0 aliphatic rings. The van der Waals surface area contributed by atoms with Gasteiger partial charge in [0.1, 0.15) is 0 Å². The van der Waals surface area contributed by atoms with E-state index in [4.69, 9.17) is 11.6 Å². The van der Waals surface area contributed by atoms with Gasteiger partial charge in [0.2, 0.25) is 5.91 Å². The molecule has 1 atom stereocenters. The Labute approximate surface area is 155 Å².